The number of aryl methyl sites for hydroxylation is 2. The van der Waals surface area contributed by atoms with Crippen molar-refractivity contribution in [1.82, 2.24) is 0 Å². The first-order chi connectivity index (χ1) is 5.95. The Morgan fingerprint density at radius 1 is 0.833 bits per heavy atom. The molecule has 12 heavy (non-hydrogen) atoms. The van der Waals surface area contributed by atoms with E-state index in [4.69, 9.17) is 8.83 Å². The highest BCUT2D eigenvalue weighted by Gasteiger charge is 2.20. The second kappa shape index (κ2) is 2.03. The van der Waals surface area contributed by atoms with Crippen LogP contribution in [0.4, 0.5) is 0 Å². The number of furan rings is 2. The van der Waals surface area contributed by atoms with Crippen molar-refractivity contribution >= 4 is 0 Å². The Balaban J connectivity index is 2.32. The van der Waals surface area contributed by atoms with Gasteiger partial charge in [0.05, 0.1) is 12.5 Å². The Bertz CT molecular complexity index is 369. The SMILES string of the molecule is c1cc2c(o1)CCc1occc1-2. The molecule has 0 aliphatic heterocycles. The van der Waals surface area contributed by atoms with Gasteiger partial charge in [-0.3, -0.25) is 0 Å². The molecule has 2 aromatic rings. The van der Waals surface area contributed by atoms with E-state index in [2.05, 4.69) is 0 Å². The highest BCUT2D eigenvalue weighted by Crippen LogP contribution is 2.34. The second-order valence-electron chi connectivity index (χ2n) is 3.01. The van der Waals surface area contributed by atoms with Gasteiger partial charge in [-0.05, 0) is 12.1 Å². The summed E-state index contributed by atoms with van der Waals surface area (Å²) < 4.78 is 10.7. The lowest BCUT2D eigenvalue weighted by Gasteiger charge is -2.08. The maximum absolute atomic E-state index is 5.34. The average molecular weight is 160 g/mol. The summed E-state index contributed by atoms with van der Waals surface area (Å²) in [6, 6.07) is 4.01. The molecular formula is C10H8O2. The molecule has 0 aromatic carbocycles. The normalized spacial score (nSPS) is 14.0. The van der Waals surface area contributed by atoms with Gasteiger partial charge in [0.15, 0.2) is 0 Å². The maximum Gasteiger partial charge on any atom is 0.112 e. The molecule has 3 rings (SSSR count). The van der Waals surface area contributed by atoms with Crippen LogP contribution >= 0.6 is 0 Å². The zero-order valence-corrected chi connectivity index (χ0v) is 6.54. The summed E-state index contributed by atoms with van der Waals surface area (Å²) in [6.45, 7) is 0. The van der Waals surface area contributed by atoms with Gasteiger partial charge in [0.25, 0.3) is 0 Å². The molecule has 60 valence electrons. The second-order valence-corrected chi connectivity index (χ2v) is 3.01. The van der Waals surface area contributed by atoms with Crippen molar-refractivity contribution in [2.24, 2.45) is 0 Å². The smallest absolute Gasteiger partial charge is 0.112 e. The van der Waals surface area contributed by atoms with Crippen LogP contribution in [-0.2, 0) is 12.8 Å². The topological polar surface area (TPSA) is 26.3 Å². The Hall–Kier alpha value is -1.44. The van der Waals surface area contributed by atoms with E-state index >= 15 is 0 Å². The van der Waals surface area contributed by atoms with Gasteiger partial charge in [-0.1, -0.05) is 0 Å². The van der Waals surface area contributed by atoms with E-state index in [-0.39, 0.29) is 0 Å². The third-order valence-corrected chi connectivity index (χ3v) is 2.36. The van der Waals surface area contributed by atoms with E-state index < -0.39 is 0 Å². The van der Waals surface area contributed by atoms with Gasteiger partial charge in [-0.15, -0.1) is 0 Å². The molecular weight excluding hydrogens is 152 g/mol. The van der Waals surface area contributed by atoms with Crippen molar-refractivity contribution in [2.45, 2.75) is 12.8 Å². The first-order valence-corrected chi connectivity index (χ1v) is 4.08. The maximum atomic E-state index is 5.34. The highest BCUT2D eigenvalue weighted by molar-refractivity contribution is 5.69. The molecule has 0 saturated carbocycles. The zero-order chi connectivity index (χ0) is 7.97. The number of rotatable bonds is 0. The molecule has 0 fully saturated rings. The molecule has 1 aliphatic rings. The Labute approximate surface area is 69.8 Å². The summed E-state index contributed by atoms with van der Waals surface area (Å²) in [5, 5.41) is 0. The fourth-order valence-electron chi connectivity index (χ4n) is 1.78. The molecule has 2 nitrogen and oxygen atoms in total. The zero-order valence-electron chi connectivity index (χ0n) is 6.54. The molecule has 0 amide bonds. The van der Waals surface area contributed by atoms with Crippen LogP contribution in [0.5, 0.6) is 0 Å². The van der Waals surface area contributed by atoms with Crippen molar-refractivity contribution in [2.75, 3.05) is 0 Å². The fourth-order valence-corrected chi connectivity index (χ4v) is 1.78. The molecule has 0 atom stereocenters. The quantitative estimate of drug-likeness (QED) is 0.592. The van der Waals surface area contributed by atoms with Crippen LogP contribution in [0.3, 0.4) is 0 Å². The van der Waals surface area contributed by atoms with Gasteiger partial charge in [0.2, 0.25) is 0 Å². The molecule has 2 heteroatoms. The molecule has 0 N–H and O–H groups in total. The van der Waals surface area contributed by atoms with Crippen molar-refractivity contribution in [3.63, 3.8) is 0 Å². The molecule has 2 aromatic heterocycles. The fraction of sp³-hybridized carbons (Fsp3) is 0.200. The van der Waals surface area contributed by atoms with Gasteiger partial charge in [0, 0.05) is 24.0 Å². The lowest BCUT2D eigenvalue weighted by atomic mass is 9.97. The Morgan fingerprint density at radius 3 is 1.83 bits per heavy atom. The Morgan fingerprint density at radius 2 is 1.33 bits per heavy atom. The van der Waals surface area contributed by atoms with Gasteiger partial charge in [-0.25, -0.2) is 0 Å². The summed E-state index contributed by atoms with van der Waals surface area (Å²) in [7, 11) is 0. The predicted molar refractivity (Wildman–Crippen MR) is 43.8 cm³/mol. The van der Waals surface area contributed by atoms with E-state index in [1.165, 1.54) is 11.1 Å². The Kier molecular flexibility index (Phi) is 1.04. The minimum absolute atomic E-state index is 0.961. The van der Waals surface area contributed by atoms with Crippen LogP contribution in [0.2, 0.25) is 0 Å². The van der Waals surface area contributed by atoms with Gasteiger partial charge < -0.3 is 8.83 Å². The van der Waals surface area contributed by atoms with Crippen LogP contribution in [0.1, 0.15) is 11.5 Å². The summed E-state index contributed by atoms with van der Waals surface area (Å²) in [5.41, 5.74) is 2.40. The first-order valence-electron chi connectivity index (χ1n) is 4.08. The molecule has 0 radical (unpaired) electrons. The van der Waals surface area contributed by atoms with E-state index in [0.29, 0.717) is 0 Å². The lowest BCUT2D eigenvalue weighted by Crippen LogP contribution is -1.97. The lowest BCUT2D eigenvalue weighted by molar-refractivity contribution is 0.470. The standard InChI is InChI=1S/C10H8O2/c1-2-10-8(4-6-12-10)7-3-5-11-9(1)7/h3-6H,1-2H2. The summed E-state index contributed by atoms with van der Waals surface area (Å²) in [5.74, 6) is 2.17. The van der Waals surface area contributed by atoms with Gasteiger partial charge in [0.1, 0.15) is 11.5 Å². The number of hydrogen-bond donors (Lipinski definition) is 0. The average Bonchev–Trinajstić information content (AvgIpc) is 2.71. The molecule has 0 spiro atoms. The van der Waals surface area contributed by atoms with E-state index in [9.17, 15) is 0 Å². The van der Waals surface area contributed by atoms with E-state index in [0.717, 1.165) is 24.4 Å². The molecule has 2 heterocycles. The molecule has 0 unspecified atom stereocenters. The minimum atomic E-state index is 0.961. The van der Waals surface area contributed by atoms with Crippen LogP contribution in [0, 0.1) is 0 Å². The van der Waals surface area contributed by atoms with Gasteiger partial charge >= 0.3 is 0 Å². The molecule has 0 saturated heterocycles. The monoisotopic (exact) mass is 160 g/mol. The van der Waals surface area contributed by atoms with Crippen molar-refractivity contribution in [1.29, 1.82) is 0 Å². The van der Waals surface area contributed by atoms with E-state index in [1.54, 1.807) is 12.5 Å². The number of fused-ring (bicyclic) bond motifs is 3. The van der Waals surface area contributed by atoms with Crippen LogP contribution in [0.25, 0.3) is 11.1 Å². The number of hydrogen-bond acceptors (Lipinski definition) is 2. The third-order valence-electron chi connectivity index (χ3n) is 2.36. The highest BCUT2D eigenvalue weighted by atomic mass is 16.3. The largest absolute Gasteiger partial charge is 0.469 e. The summed E-state index contributed by atoms with van der Waals surface area (Å²) in [4.78, 5) is 0. The van der Waals surface area contributed by atoms with Gasteiger partial charge in [-0.2, -0.15) is 0 Å². The molecule has 0 bridgehead atoms. The van der Waals surface area contributed by atoms with Crippen LogP contribution in [-0.4, -0.2) is 0 Å². The predicted octanol–water partition coefficient (Wildman–Crippen LogP) is 2.64. The molecule has 1 aliphatic carbocycles. The summed E-state index contributed by atoms with van der Waals surface area (Å²) >= 11 is 0. The minimum Gasteiger partial charge on any atom is -0.469 e. The van der Waals surface area contributed by atoms with Crippen molar-refractivity contribution < 1.29 is 8.83 Å². The van der Waals surface area contributed by atoms with Crippen LogP contribution in [0.15, 0.2) is 33.5 Å². The van der Waals surface area contributed by atoms with E-state index in [1.807, 2.05) is 12.1 Å². The summed E-state index contributed by atoms with van der Waals surface area (Å²) in [6.07, 6.45) is 5.41. The third kappa shape index (κ3) is 0.644. The van der Waals surface area contributed by atoms with Crippen molar-refractivity contribution in [3.05, 3.63) is 36.2 Å². The van der Waals surface area contributed by atoms with Crippen molar-refractivity contribution in [3.8, 4) is 11.1 Å². The van der Waals surface area contributed by atoms with Crippen LogP contribution < -0.4 is 0 Å². The first kappa shape index (κ1) is 6.12.